The van der Waals surface area contributed by atoms with Gasteiger partial charge in [-0.1, -0.05) is 218 Å². The molecule has 350 valence electrons. The van der Waals surface area contributed by atoms with Gasteiger partial charge in [0.1, 0.15) is 13.2 Å². The van der Waals surface area contributed by atoms with Gasteiger partial charge in [0.15, 0.2) is 6.10 Å². The molecular formula is C54H98O6. The molecule has 0 rings (SSSR count). The number of esters is 3. The summed E-state index contributed by atoms with van der Waals surface area (Å²) in [7, 11) is 0. The number of carbonyl (C=O) groups is 3. The summed E-state index contributed by atoms with van der Waals surface area (Å²) in [6, 6.07) is 0. The Hall–Kier alpha value is -2.37. The average molecular weight is 843 g/mol. The van der Waals surface area contributed by atoms with E-state index in [0.717, 1.165) is 70.6 Å². The van der Waals surface area contributed by atoms with Crippen molar-refractivity contribution in [2.75, 3.05) is 13.2 Å². The van der Waals surface area contributed by atoms with Crippen molar-refractivity contribution in [2.24, 2.45) is 0 Å². The van der Waals surface area contributed by atoms with E-state index in [1.807, 2.05) is 0 Å². The number of hydrogen-bond acceptors (Lipinski definition) is 6. The Morgan fingerprint density at radius 3 is 0.950 bits per heavy atom. The molecule has 0 N–H and O–H groups in total. The Balaban J connectivity index is 4.35. The summed E-state index contributed by atoms with van der Waals surface area (Å²) in [4.78, 5) is 37.9. The van der Waals surface area contributed by atoms with E-state index < -0.39 is 6.10 Å². The Morgan fingerprint density at radius 1 is 0.333 bits per heavy atom. The SMILES string of the molecule is CCCCCCCC/C=C\CCCCCCCCCC(=O)OCC(COC(=O)CCCCCCCCCCC)OC(=O)CCCCC/C=C\C=C/CCCCCCCCC. The second-order valence-corrected chi connectivity index (χ2v) is 17.5. The highest BCUT2D eigenvalue weighted by Crippen LogP contribution is 2.15. The molecule has 6 heteroatoms. The van der Waals surface area contributed by atoms with Crippen LogP contribution in [0.15, 0.2) is 36.5 Å². The summed E-state index contributed by atoms with van der Waals surface area (Å²) < 4.78 is 16.7. The minimum absolute atomic E-state index is 0.0819. The van der Waals surface area contributed by atoms with E-state index in [4.69, 9.17) is 14.2 Å². The maximum Gasteiger partial charge on any atom is 0.306 e. The Morgan fingerprint density at radius 2 is 0.600 bits per heavy atom. The van der Waals surface area contributed by atoms with Crippen molar-refractivity contribution in [1.82, 2.24) is 0 Å². The van der Waals surface area contributed by atoms with Crippen LogP contribution in [0.4, 0.5) is 0 Å². The second kappa shape index (κ2) is 49.3. The first-order valence-corrected chi connectivity index (χ1v) is 26.0. The average Bonchev–Trinajstić information content (AvgIpc) is 3.24. The molecule has 0 spiro atoms. The predicted octanol–water partition coefficient (Wildman–Crippen LogP) is 16.9. The van der Waals surface area contributed by atoms with Crippen LogP contribution >= 0.6 is 0 Å². The molecule has 0 saturated carbocycles. The Kier molecular flexibility index (Phi) is 47.3. The molecule has 0 bridgehead atoms. The normalized spacial score (nSPS) is 12.2. The molecule has 1 unspecified atom stereocenters. The maximum atomic E-state index is 12.8. The zero-order valence-corrected chi connectivity index (χ0v) is 40.0. The van der Waals surface area contributed by atoms with Crippen LogP contribution in [0.2, 0.25) is 0 Å². The van der Waals surface area contributed by atoms with E-state index in [1.165, 1.54) is 161 Å². The minimum atomic E-state index is -0.783. The van der Waals surface area contributed by atoms with Crippen molar-refractivity contribution in [3.8, 4) is 0 Å². The molecule has 6 nitrogen and oxygen atoms in total. The summed E-state index contributed by atoms with van der Waals surface area (Å²) in [6.07, 6.45) is 57.0. The number of allylic oxidation sites excluding steroid dienone is 6. The van der Waals surface area contributed by atoms with Gasteiger partial charge in [-0.3, -0.25) is 14.4 Å². The van der Waals surface area contributed by atoms with Crippen LogP contribution in [-0.4, -0.2) is 37.2 Å². The zero-order chi connectivity index (χ0) is 43.7. The fourth-order valence-electron chi connectivity index (χ4n) is 7.43. The zero-order valence-electron chi connectivity index (χ0n) is 40.0. The van der Waals surface area contributed by atoms with Gasteiger partial charge in [0.05, 0.1) is 0 Å². The van der Waals surface area contributed by atoms with Crippen LogP contribution in [0.5, 0.6) is 0 Å². The van der Waals surface area contributed by atoms with Gasteiger partial charge in [-0.15, -0.1) is 0 Å². The third-order valence-electron chi connectivity index (χ3n) is 11.4. The summed E-state index contributed by atoms with van der Waals surface area (Å²) in [5, 5.41) is 0. The number of rotatable bonds is 47. The molecule has 0 heterocycles. The van der Waals surface area contributed by atoms with Gasteiger partial charge >= 0.3 is 17.9 Å². The summed E-state index contributed by atoms with van der Waals surface area (Å²) in [5.74, 6) is -0.907. The van der Waals surface area contributed by atoms with Crippen LogP contribution in [0.25, 0.3) is 0 Å². The fourth-order valence-corrected chi connectivity index (χ4v) is 7.43. The van der Waals surface area contributed by atoms with Gasteiger partial charge in [0, 0.05) is 19.3 Å². The monoisotopic (exact) mass is 843 g/mol. The van der Waals surface area contributed by atoms with Crippen LogP contribution in [-0.2, 0) is 28.6 Å². The first-order valence-electron chi connectivity index (χ1n) is 26.0. The van der Waals surface area contributed by atoms with Gasteiger partial charge < -0.3 is 14.2 Å². The molecule has 0 aromatic heterocycles. The minimum Gasteiger partial charge on any atom is -0.462 e. The summed E-state index contributed by atoms with van der Waals surface area (Å²) in [5.41, 5.74) is 0. The third kappa shape index (κ3) is 46.7. The smallest absolute Gasteiger partial charge is 0.306 e. The van der Waals surface area contributed by atoms with Crippen molar-refractivity contribution in [3.05, 3.63) is 36.5 Å². The standard InChI is InChI=1S/C54H98O6/c1-4-7-10-13-16-19-21-23-25-27-29-30-32-35-38-41-44-47-53(56)59-50-51(49-58-52(55)46-43-40-37-34-18-15-12-9-6-3)60-54(57)48-45-42-39-36-33-31-28-26-24-22-20-17-14-11-8-5-2/h23,25-26,28,31,33,51H,4-22,24,27,29-30,32,34-50H2,1-3H3/b25-23-,28-26-,33-31-. The van der Waals surface area contributed by atoms with Crippen LogP contribution in [0.3, 0.4) is 0 Å². The number of hydrogen-bond donors (Lipinski definition) is 0. The highest BCUT2D eigenvalue weighted by molar-refractivity contribution is 5.71. The fraction of sp³-hybridized carbons (Fsp3) is 0.833. The van der Waals surface area contributed by atoms with Crippen molar-refractivity contribution >= 4 is 17.9 Å². The van der Waals surface area contributed by atoms with Crippen LogP contribution in [0.1, 0.15) is 271 Å². The lowest BCUT2D eigenvalue weighted by molar-refractivity contribution is -0.167. The molecule has 0 saturated heterocycles. The van der Waals surface area contributed by atoms with Crippen molar-refractivity contribution in [2.45, 2.75) is 277 Å². The third-order valence-corrected chi connectivity index (χ3v) is 11.4. The largest absolute Gasteiger partial charge is 0.462 e. The topological polar surface area (TPSA) is 78.9 Å². The number of ether oxygens (including phenoxy) is 3. The van der Waals surface area contributed by atoms with Crippen LogP contribution in [0, 0.1) is 0 Å². The summed E-state index contributed by atoms with van der Waals surface area (Å²) >= 11 is 0. The van der Waals surface area contributed by atoms with Crippen molar-refractivity contribution in [1.29, 1.82) is 0 Å². The van der Waals surface area contributed by atoms with E-state index in [-0.39, 0.29) is 31.1 Å². The molecule has 0 amide bonds. The van der Waals surface area contributed by atoms with Gasteiger partial charge in [-0.2, -0.15) is 0 Å². The maximum absolute atomic E-state index is 12.8. The molecule has 0 aromatic rings. The second-order valence-electron chi connectivity index (χ2n) is 17.5. The quantitative estimate of drug-likeness (QED) is 0.0200. The highest BCUT2D eigenvalue weighted by Gasteiger charge is 2.19. The van der Waals surface area contributed by atoms with Gasteiger partial charge in [-0.25, -0.2) is 0 Å². The number of unbranched alkanes of at least 4 members (excludes halogenated alkanes) is 31. The van der Waals surface area contributed by atoms with Crippen LogP contribution < -0.4 is 0 Å². The van der Waals surface area contributed by atoms with Gasteiger partial charge in [0.25, 0.3) is 0 Å². The molecule has 60 heavy (non-hydrogen) atoms. The lowest BCUT2D eigenvalue weighted by atomic mass is 10.1. The highest BCUT2D eigenvalue weighted by atomic mass is 16.6. The van der Waals surface area contributed by atoms with E-state index in [0.29, 0.717) is 19.3 Å². The predicted molar refractivity (Wildman–Crippen MR) is 256 cm³/mol. The summed E-state index contributed by atoms with van der Waals surface area (Å²) in [6.45, 7) is 6.60. The van der Waals surface area contributed by atoms with E-state index in [1.54, 1.807) is 0 Å². The van der Waals surface area contributed by atoms with E-state index in [2.05, 4.69) is 57.2 Å². The first kappa shape index (κ1) is 57.6. The first-order chi connectivity index (χ1) is 29.5. The van der Waals surface area contributed by atoms with Crippen molar-refractivity contribution < 1.29 is 28.6 Å². The Bertz CT molecular complexity index is 1020. The van der Waals surface area contributed by atoms with Crippen molar-refractivity contribution in [3.63, 3.8) is 0 Å². The Labute approximate surface area is 372 Å². The van der Waals surface area contributed by atoms with Gasteiger partial charge in [-0.05, 0) is 70.6 Å². The molecular weight excluding hydrogens is 745 g/mol. The van der Waals surface area contributed by atoms with E-state index in [9.17, 15) is 14.4 Å². The molecule has 0 aliphatic carbocycles. The molecule has 0 aliphatic rings. The molecule has 0 aromatic carbocycles. The molecule has 0 aliphatic heterocycles. The molecule has 0 radical (unpaired) electrons. The lowest BCUT2D eigenvalue weighted by Gasteiger charge is -2.18. The van der Waals surface area contributed by atoms with E-state index >= 15 is 0 Å². The lowest BCUT2D eigenvalue weighted by Crippen LogP contribution is -2.30. The van der Waals surface area contributed by atoms with Gasteiger partial charge in [0.2, 0.25) is 0 Å². The molecule has 1 atom stereocenters. The number of carbonyl (C=O) groups excluding carboxylic acids is 3. The molecule has 0 fully saturated rings.